The predicted molar refractivity (Wildman–Crippen MR) is 152 cm³/mol. The molecule has 2 aromatic heterocycles. The molecule has 0 radical (unpaired) electrons. The van der Waals surface area contributed by atoms with Crippen LogP contribution >= 0.6 is 0 Å². The minimum Gasteiger partial charge on any atom is -0.332 e. The number of allylic oxidation sites excluding steroid dienone is 1. The van der Waals surface area contributed by atoms with Crippen molar-refractivity contribution in [3.63, 3.8) is 0 Å². The molecular weight excluding hydrogens is 468 g/mol. The summed E-state index contributed by atoms with van der Waals surface area (Å²) in [5.41, 5.74) is 8.15. The number of pyridine rings is 1. The number of hydrogen-bond donors (Lipinski definition) is 0. The summed E-state index contributed by atoms with van der Waals surface area (Å²) in [5, 5.41) is 1.05. The molecule has 38 heavy (non-hydrogen) atoms. The summed E-state index contributed by atoms with van der Waals surface area (Å²) < 4.78 is 0. The number of rotatable bonds is 5. The molecule has 0 saturated carbocycles. The second-order valence-electron chi connectivity index (χ2n) is 9.77. The molecule has 0 N–H and O–H groups in total. The smallest absolute Gasteiger partial charge is 0.254 e. The second-order valence-corrected chi connectivity index (χ2v) is 9.77. The van der Waals surface area contributed by atoms with E-state index in [1.165, 1.54) is 16.7 Å². The lowest BCUT2D eigenvalue weighted by Crippen LogP contribution is -2.36. The summed E-state index contributed by atoms with van der Waals surface area (Å²) in [4.78, 5) is 29.2. The topological polar surface area (TPSA) is 59.0 Å². The Balaban J connectivity index is 1.14. The predicted octanol–water partition coefficient (Wildman–Crippen LogP) is 6.45. The molecule has 186 valence electrons. The Labute approximate surface area is 222 Å². The van der Waals surface area contributed by atoms with Crippen molar-refractivity contribution < 1.29 is 4.79 Å². The highest BCUT2D eigenvalue weighted by atomic mass is 16.2. The van der Waals surface area contributed by atoms with Gasteiger partial charge in [-0.1, -0.05) is 72.3 Å². The third kappa shape index (κ3) is 5.09. The molecule has 0 aliphatic carbocycles. The van der Waals surface area contributed by atoms with E-state index < -0.39 is 0 Å². The Morgan fingerprint density at radius 3 is 2.61 bits per heavy atom. The van der Waals surface area contributed by atoms with Crippen LogP contribution in [-0.2, 0) is 19.4 Å². The first kappa shape index (κ1) is 23.7. The van der Waals surface area contributed by atoms with Crippen LogP contribution in [0.1, 0.15) is 38.3 Å². The van der Waals surface area contributed by atoms with E-state index in [4.69, 9.17) is 4.98 Å². The van der Waals surface area contributed by atoms with Gasteiger partial charge in [0.1, 0.15) is 0 Å². The number of fused-ring (bicyclic) bond motifs is 2. The van der Waals surface area contributed by atoms with Crippen molar-refractivity contribution in [3.05, 3.63) is 131 Å². The van der Waals surface area contributed by atoms with E-state index >= 15 is 0 Å². The molecule has 1 amide bonds. The van der Waals surface area contributed by atoms with E-state index in [1.54, 1.807) is 0 Å². The molecule has 1 aliphatic rings. The van der Waals surface area contributed by atoms with Crippen LogP contribution < -0.4 is 0 Å². The van der Waals surface area contributed by atoms with Crippen LogP contribution in [0, 0.1) is 6.92 Å². The zero-order valence-corrected chi connectivity index (χ0v) is 21.3. The van der Waals surface area contributed by atoms with Crippen molar-refractivity contribution >= 4 is 22.9 Å². The number of para-hydroxylation sites is 1. The van der Waals surface area contributed by atoms with Crippen LogP contribution in [0.4, 0.5) is 0 Å². The number of hydrogen-bond acceptors (Lipinski definition) is 4. The fraction of sp³-hybridized carbons (Fsp3) is 0.152. The fourth-order valence-electron chi connectivity index (χ4n) is 4.78. The van der Waals surface area contributed by atoms with Gasteiger partial charge < -0.3 is 4.90 Å². The normalized spacial score (nSPS) is 13.1. The molecule has 0 atom stereocenters. The van der Waals surface area contributed by atoms with Crippen molar-refractivity contribution in [2.24, 2.45) is 0 Å². The molecule has 5 nitrogen and oxygen atoms in total. The highest BCUT2D eigenvalue weighted by molar-refractivity contribution is 5.94. The lowest BCUT2D eigenvalue weighted by molar-refractivity contribution is 0.0731. The number of carbonyl (C=O) groups excluding carboxylic acids is 1. The van der Waals surface area contributed by atoms with Gasteiger partial charge >= 0.3 is 0 Å². The Bertz CT molecular complexity index is 1640. The summed E-state index contributed by atoms with van der Waals surface area (Å²) in [6.45, 7) is 3.23. The molecule has 3 heterocycles. The van der Waals surface area contributed by atoms with Gasteiger partial charge in [-0.15, -0.1) is 0 Å². The summed E-state index contributed by atoms with van der Waals surface area (Å²) in [6, 6.07) is 26.5. The van der Waals surface area contributed by atoms with Crippen LogP contribution in [0.2, 0.25) is 0 Å². The third-order valence-electron chi connectivity index (χ3n) is 7.02. The lowest BCUT2D eigenvalue weighted by atomic mass is 10.0. The Hall–Kier alpha value is -4.64. The molecular formula is C33H28N4O. The number of aromatic nitrogens is 3. The van der Waals surface area contributed by atoms with Gasteiger partial charge in [0.2, 0.25) is 0 Å². The summed E-state index contributed by atoms with van der Waals surface area (Å²) in [7, 11) is 0. The van der Waals surface area contributed by atoms with Crippen molar-refractivity contribution in [2.75, 3.05) is 6.54 Å². The number of nitrogens with zero attached hydrogens (tertiary/aromatic N) is 4. The molecule has 5 heteroatoms. The average molecular weight is 497 g/mol. The summed E-state index contributed by atoms with van der Waals surface area (Å²) in [6.07, 6.45) is 9.57. The molecule has 0 saturated heterocycles. The number of aryl methyl sites for hydroxylation is 1. The maximum atomic E-state index is 13.3. The highest BCUT2D eigenvalue weighted by Gasteiger charge is 2.23. The lowest BCUT2D eigenvalue weighted by Gasteiger charge is -2.28. The number of carbonyl (C=O) groups is 1. The van der Waals surface area contributed by atoms with Gasteiger partial charge in [0.05, 0.1) is 17.8 Å². The Morgan fingerprint density at radius 1 is 0.947 bits per heavy atom. The minimum atomic E-state index is 0.0323. The van der Waals surface area contributed by atoms with Crippen LogP contribution in [-0.4, -0.2) is 32.3 Å². The van der Waals surface area contributed by atoms with E-state index in [-0.39, 0.29) is 5.91 Å². The first-order valence-electron chi connectivity index (χ1n) is 12.9. The van der Waals surface area contributed by atoms with E-state index in [1.807, 2.05) is 65.8 Å². The molecule has 6 rings (SSSR count). The van der Waals surface area contributed by atoms with E-state index in [9.17, 15) is 4.79 Å². The zero-order valence-electron chi connectivity index (χ0n) is 21.3. The van der Waals surface area contributed by atoms with Gasteiger partial charge in [-0.05, 0) is 60.7 Å². The zero-order chi connectivity index (χ0) is 25.9. The highest BCUT2D eigenvalue weighted by Crippen LogP contribution is 2.24. The molecule has 1 aliphatic heterocycles. The van der Waals surface area contributed by atoms with E-state index in [0.29, 0.717) is 24.5 Å². The Morgan fingerprint density at radius 2 is 1.76 bits per heavy atom. The van der Waals surface area contributed by atoms with E-state index in [0.717, 1.165) is 40.6 Å². The quantitative estimate of drug-likeness (QED) is 0.280. The number of amides is 1. The minimum absolute atomic E-state index is 0.0323. The van der Waals surface area contributed by atoms with Crippen LogP contribution in [0.25, 0.3) is 28.4 Å². The second kappa shape index (κ2) is 10.4. The van der Waals surface area contributed by atoms with Gasteiger partial charge in [-0.2, -0.15) is 0 Å². The largest absolute Gasteiger partial charge is 0.332 e. The van der Waals surface area contributed by atoms with Crippen LogP contribution in [0.5, 0.6) is 0 Å². The molecule has 0 fully saturated rings. The van der Waals surface area contributed by atoms with Crippen molar-refractivity contribution in [1.29, 1.82) is 0 Å². The average Bonchev–Trinajstić information content (AvgIpc) is 2.97. The maximum absolute atomic E-state index is 13.3. The van der Waals surface area contributed by atoms with Gasteiger partial charge in [0, 0.05) is 35.5 Å². The molecule has 5 aromatic rings. The maximum Gasteiger partial charge on any atom is 0.254 e. The SMILES string of the molecule is Cc1ccc(/C=C/Cc2ccc(C(=O)N3CCc4cnc(-c5cnc6ccccc6c5)nc4C3)cc2)cc1. The van der Waals surface area contributed by atoms with Crippen LogP contribution in [0.3, 0.4) is 0 Å². The molecule has 3 aromatic carbocycles. The van der Waals surface area contributed by atoms with Gasteiger partial charge in [-0.3, -0.25) is 9.78 Å². The van der Waals surface area contributed by atoms with Crippen LogP contribution in [0.15, 0.2) is 97.3 Å². The number of benzene rings is 3. The summed E-state index contributed by atoms with van der Waals surface area (Å²) >= 11 is 0. The summed E-state index contributed by atoms with van der Waals surface area (Å²) in [5.74, 6) is 0.671. The van der Waals surface area contributed by atoms with Crippen molar-refractivity contribution in [1.82, 2.24) is 19.9 Å². The molecule has 0 spiro atoms. The standard InChI is InChI=1S/C33H28N4O/c1-23-9-11-24(12-10-23)5-4-6-25-13-15-26(16-14-25)33(38)37-18-17-28-20-35-32(36-31(28)22-37)29-19-27-7-2-3-8-30(27)34-21-29/h2-5,7-16,19-21H,6,17-18,22H2,1H3/b5-4+. The van der Waals surface area contributed by atoms with Crippen molar-refractivity contribution in [3.8, 4) is 11.4 Å². The molecule has 0 bridgehead atoms. The van der Waals surface area contributed by atoms with Crippen molar-refractivity contribution in [2.45, 2.75) is 26.3 Å². The van der Waals surface area contributed by atoms with Gasteiger partial charge in [-0.25, -0.2) is 9.97 Å². The van der Waals surface area contributed by atoms with E-state index in [2.05, 4.69) is 59.4 Å². The Kier molecular flexibility index (Phi) is 6.49. The monoisotopic (exact) mass is 496 g/mol. The third-order valence-corrected chi connectivity index (χ3v) is 7.02. The molecule has 0 unspecified atom stereocenters. The first-order chi connectivity index (χ1) is 18.6. The van der Waals surface area contributed by atoms with Gasteiger partial charge in [0.25, 0.3) is 5.91 Å². The fourth-order valence-corrected chi connectivity index (χ4v) is 4.78. The van der Waals surface area contributed by atoms with Gasteiger partial charge in [0.15, 0.2) is 5.82 Å². The first-order valence-corrected chi connectivity index (χ1v) is 12.9.